The Hall–Kier alpha value is -4.55. The standard InChI is InChI=1S/C22H20ClN7O9S2/c23-4-9-6-40-20-15(19(36)30(20)16(9)21(37)38)26-18(35)14(10-7-41-22(24)25-10)29-39-5-13(33)27-28-17(34)8-1-2-11(31)12(32)3-8/h1-3,7,15,20,31-32H,4-6H2,(H2,24,25)(H,26,35)(H,27,33)(H,28,34)(H,37,38)/t15?,20-/m0/s1. The van der Waals surface area contributed by atoms with Crippen molar-refractivity contribution in [2.24, 2.45) is 5.16 Å². The highest BCUT2D eigenvalue weighted by Gasteiger charge is 2.54. The van der Waals surface area contributed by atoms with Gasteiger partial charge in [0, 0.05) is 22.6 Å². The number of β-lactam (4-membered cyclic amide) rings is 1. The SMILES string of the molecule is Nc1nc(C(=NOCC(=O)NNC(=O)c2ccc(O)c(O)c2)C(=O)NC2C(=O)N3C(C(=O)O)=C(CCl)CS[C@@H]23)cs1. The molecule has 0 spiro atoms. The first-order valence-electron chi connectivity index (χ1n) is 11.3. The van der Waals surface area contributed by atoms with Gasteiger partial charge in [0.05, 0.1) is 0 Å². The van der Waals surface area contributed by atoms with Gasteiger partial charge in [-0.2, -0.15) is 0 Å². The van der Waals surface area contributed by atoms with Crippen molar-refractivity contribution in [2.45, 2.75) is 11.4 Å². The van der Waals surface area contributed by atoms with Crippen LogP contribution in [0.5, 0.6) is 11.5 Å². The third kappa shape index (κ3) is 6.28. The summed E-state index contributed by atoms with van der Waals surface area (Å²) in [5.74, 6) is -5.36. The van der Waals surface area contributed by atoms with Gasteiger partial charge >= 0.3 is 5.97 Å². The summed E-state index contributed by atoms with van der Waals surface area (Å²) in [5, 5.41) is 35.3. The number of amides is 4. The van der Waals surface area contributed by atoms with Crippen LogP contribution in [0.2, 0.25) is 0 Å². The number of benzene rings is 1. The van der Waals surface area contributed by atoms with Crippen LogP contribution in [-0.4, -0.2) is 90.2 Å². The lowest BCUT2D eigenvalue weighted by atomic mass is 10.0. The van der Waals surface area contributed by atoms with E-state index in [1.165, 1.54) is 23.2 Å². The molecular formula is C22H20ClN7O9S2. The van der Waals surface area contributed by atoms with Crippen molar-refractivity contribution in [3.05, 3.63) is 46.1 Å². The summed E-state index contributed by atoms with van der Waals surface area (Å²) in [5.41, 5.74) is 9.43. The van der Waals surface area contributed by atoms with E-state index in [0.29, 0.717) is 5.57 Å². The fraction of sp³-hybridized carbons (Fsp3) is 0.227. The number of thiazole rings is 1. The molecule has 2 aliphatic rings. The second-order valence-corrected chi connectivity index (χ2v) is 10.5. The molecule has 2 aromatic rings. The first kappa shape index (κ1) is 29.4. The van der Waals surface area contributed by atoms with Gasteiger partial charge in [0.25, 0.3) is 23.6 Å². The maximum Gasteiger partial charge on any atom is 0.352 e. The minimum Gasteiger partial charge on any atom is -0.504 e. The van der Waals surface area contributed by atoms with Gasteiger partial charge in [-0.1, -0.05) is 5.16 Å². The minimum atomic E-state index is -1.31. The molecule has 1 saturated heterocycles. The van der Waals surface area contributed by atoms with Crippen molar-refractivity contribution in [1.29, 1.82) is 0 Å². The van der Waals surface area contributed by atoms with Crippen LogP contribution in [0.3, 0.4) is 0 Å². The van der Waals surface area contributed by atoms with Gasteiger partial charge in [0.15, 0.2) is 28.9 Å². The zero-order chi connectivity index (χ0) is 29.8. The number of nitrogen functional groups attached to an aromatic ring is 1. The number of hydrazine groups is 1. The molecular weight excluding hydrogens is 606 g/mol. The van der Waals surface area contributed by atoms with Gasteiger partial charge in [-0.05, 0) is 23.8 Å². The molecule has 41 heavy (non-hydrogen) atoms. The number of phenols is 2. The summed E-state index contributed by atoms with van der Waals surface area (Å²) in [6.45, 7) is -0.764. The number of fused-ring (bicyclic) bond motifs is 1. The van der Waals surface area contributed by atoms with E-state index in [0.717, 1.165) is 28.4 Å². The zero-order valence-corrected chi connectivity index (χ0v) is 22.9. The van der Waals surface area contributed by atoms with Crippen molar-refractivity contribution >= 4 is 75.1 Å². The number of anilines is 1. The number of aliphatic carboxylic acids is 1. The Morgan fingerprint density at radius 1 is 1.22 bits per heavy atom. The highest BCUT2D eigenvalue weighted by Crippen LogP contribution is 2.40. The second kappa shape index (κ2) is 12.3. The van der Waals surface area contributed by atoms with Gasteiger partial charge in [-0.3, -0.25) is 34.9 Å². The Kier molecular flexibility index (Phi) is 8.84. The van der Waals surface area contributed by atoms with Crippen LogP contribution in [0.25, 0.3) is 0 Å². The van der Waals surface area contributed by atoms with Crippen LogP contribution >= 0.6 is 34.7 Å². The zero-order valence-electron chi connectivity index (χ0n) is 20.5. The molecule has 1 aromatic heterocycles. The number of hydrogen-bond donors (Lipinski definition) is 7. The number of carbonyl (C=O) groups is 5. The highest BCUT2D eigenvalue weighted by molar-refractivity contribution is 8.00. The number of aromatic nitrogens is 1. The summed E-state index contributed by atoms with van der Waals surface area (Å²) < 4.78 is 0. The largest absolute Gasteiger partial charge is 0.504 e. The van der Waals surface area contributed by atoms with Crippen LogP contribution in [-0.2, 0) is 24.0 Å². The maximum absolute atomic E-state index is 13.1. The van der Waals surface area contributed by atoms with E-state index in [4.69, 9.17) is 22.2 Å². The Bertz CT molecular complexity index is 1500. The number of nitrogens with two attached hydrogens (primary N) is 1. The molecule has 19 heteroatoms. The van der Waals surface area contributed by atoms with E-state index >= 15 is 0 Å². The molecule has 216 valence electrons. The number of hydrogen-bond acceptors (Lipinski definition) is 13. The van der Waals surface area contributed by atoms with E-state index in [2.05, 4.69) is 20.9 Å². The number of carbonyl (C=O) groups excluding carboxylic acids is 4. The fourth-order valence-corrected chi connectivity index (χ4v) is 5.88. The summed E-state index contributed by atoms with van der Waals surface area (Å²) in [7, 11) is 0. The van der Waals surface area contributed by atoms with Crippen LogP contribution in [0.4, 0.5) is 5.13 Å². The Morgan fingerprint density at radius 2 is 1.98 bits per heavy atom. The molecule has 0 radical (unpaired) electrons. The molecule has 8 N–H and O–H groups in total. The minimum absolute atomic E-state index is 0.0127. The molecule has 0 bridgehead atoms. The number of nitrogens with one attached hydrogen (secondary N) is 3. The number of phenolic OH excluding ortho intramolecular Hbond substituents is 2. The van der Waals surface area contributed by atoms with Crippen molar-refractivity contribution < 1.29 is 44.1 Å². The summed E-state index contributed by atoms with van der Waals surface area (Å²) >= 11 is 8.05. The van der Waals surface area contributed by atoms with Crippen LogP contribution in [0, 0.1) is 0 Å². The summed E-state index contributed by atoms with van der Waals surface area (Å²) in [6.07, 6.45) is 0. The molecule has 1 unspecified atom stereocenters. The molecule has 0 saturated carbocycles. The highest BCUT2D eigenvalue weighted by atomic mass is 35.5. The third-order valence-corrected chi connectivity index (χ3v) is 7.92. The molecule has 16 nitrogen and oxygen atoms in total. The molecule has 4 amide bonds. The van der Waals surface area contributed by atoms with Gasteiger partial charge in [-0.15, -0.1) is 34.7 Å². The lowest BCUT2D eigenvalue weighted by Gasteiger charge is -2.49. The Labute approximate surface area is 243 Å². The quantitative estimate of drug-likeness (QED) is 0.0601. The van der Waals surface area contributed by atoms with Crippen LogP contribution in [0.1, 0.15) is 16.1 Å². The van der Waals surface area contributed by atoms with E-state index < -0.39 is 64.8 Å². The molecule has 2 atom stereocenters. The van der Waals surface area contributed by atoms with Crippen LogP contribution < -0.4 is 21.9 Å². The van der Waals surface area contributed by atoms with Gasteiger partial charge in [0.1, 0.15) is 22.8 Å². The van der Waals surface area contributed by atoms with E-state index in [-0.39, 0.29) is 33.7 Å². The fourth-order valence-electron chi connectivity index (χ4n) is 3.65. The number of nitrogens with zero attached hydrogens (tertiary/aromatic N) is 3. The van der Waals surface area contributed by atoms with Crippen molar-refractivity contribution in [3.8, 4) is 11.5 Å². The molecule has 3 heterocycles. The first-order chi connectivity index (χ1) is 19.5. The predicted molar refractivity (Wildman–Crippen MR) is 145 cm³/mol. The number of oxime groups is 1. The Balaban J connectivity index is 1.39. The van der Waals surface area contributed by atoms with E-state index in [1.54, 1.807) is 0 Å². The van der Waals surface area contributed by atoms with Crippen LogP contribution in [0.15, 0.2) is 40.0 Å². The van der Waals surface area contributed by atoms with Crippen molar-refractivity contribution in [2.75, 3.05) is 24.0 Å². The predicted octanol–water partition coefficient (Wildman–Crippen LogP) is -0.704. The summed E-state index contributed by atoms with van der Waals surface area (Å²) in [4.78, 5) is 71.8. The molecule has 4 rings (SSSR count). The first-order valence-corrected chi connectivity index (χ1v) is 13.8. The van der Waals surface area contributed by atoms with Crippen molar-refractivity contribution in [3.63, 3.8) is 0 Å². The van der Waals surface area contributed by atoms with E-state index in [9.17, 15) is 39.3 Å². The number of alkyl halides is 1. The number of thioether (sulfide) groups is 1. The smallest absolute Gasteiger partial charge is 0.352 e. The number of carboxylic acids is 1. The summed E-state index contributed by atoms with van der Waals surface area (Å²) in [6, 6.07) is 2.19. The Morgan fingerprint density at radius 3 is 2.61 bits per heavy atom. The maximum atomic E-state index is 13.1. The molecule has 2 aliphatic heterocycles. The topological polar surface area (TPSA) is 246 Å². The average Bonchev–Trinajstić information content (AvgIpc) is 3.38. The van der Waals surface area contributed by atoms with Gasteiger partial charge in [0.2, 0.25) is 0 Å². The average molecular weight is 626 g/mol. The van der Waals surface area contributed by atoms with E-state index in [1.807, 2.05) is 5.43 Å². The second-order valence-electron chi connectivity index (χ2n) is 8.24. The number of halogens is 1. The lowest BCUT2D eigenvalue weighted by Crippen LogP contribution is -2.71. The molecule has 1 aromatic carbocycles. The normalized spacial score (nSPS) is 18.2. The third-order valence-electron chi connectivity index (χ3n) is 5.58. The van der Waals surface area contributed by atoms with Gasteiger partial charge in [-0.25, -0.2) is 9.78 Å². The number of rotatable bonds is 9. The number of aromatic hydroxyl groups is 2. The van der Waals surface area contributed by atoms with Crippen molar-refractivity contribution in [1.82, 2.24) is 26.1 Å². The lowest BCUT2D eigenvalue weighted by molar-refractivity contribution is -0.150. The van der Waals surface area contributed by atoms with Gasteiger partial charge < -0.3 is 31.2 Å². The number of carboxylic acid groups (broad SMARTS) is 1. The molecule has 1 fully saturated rings. The molecule has 0 aliphatic carbocycles. The monoisotopic (exact) mass is 625 g/mol.